The Morgan fingerprint density at radius 2 is 1.58 bits per heavy atom. The fourth-order valence-corrected chi connectivity index (χ4v) is 6.60. The molecular weight excluding hydrogens is 845 g/mol. The van der Waals surface area contributed by atoms with Gasteiger partial charge in [-0.2, -0.15) is 4.98 Å². The molecule has 0 saturated heterocycles. The number of aromatic carboxylic acids is 1. The lowest BCUT2D eigenvalue weighted by atomic mass is 9.89. The number of carboxylic acid groups (broad SMARTS) is 2. The molecule has 64 heavy (non-hydrogen) atoms. The van der Waals surface area contributed by atoms with Gasteiger partial charge in [-0.25, -0.2) is 28.3 Å². The number of H-pyrrole nitrogens is 1. The van der Waals surface area contributed by atoms with E-state index in [9.17, 15) is 57.7 Å². The molecule has 0 bridgehead atoms. The number of phenolic OH excluding ortho intramolecular Hbond substituents is 1. The molecule has 0 fully saturated rings. The van der Waals surface area contributed by atoms with Gasteiger partial charge in [0.1, 0.15) is 17.4 Å². The number of nitrogens with one attached hydrogen (secondary N) is 5. The third kappa shape index (κ3) is 9.39. The Balaban J connectivity index is 0.931. The van der Waals surface area contributed by atoms with Crippen LogP contribution in [0.25, 0.3) is 44.6 Å². The summed E-state index contributed by atoms with van der Waals surface area (Å²) in [6, 6.07) is 11.4. The lowest BCUT2D eigenvalue weighted by Crippen LogP contribution is -2.42. The average molecular weight is 878 g/mol. The minimum Gasteiger partial charge on any atom is -0.505 e. The maximum atomic E-state index is 14.7. The molecule has 0 spiro atoms. The van der Waals surface area contributed by atoms with E-state index >= 15 is 0 Å². The largest absolute Gasteiger partial charge is 0.505 e. The van der Waals surface area contributed by atoms with Crippen LogP contribution in [0.2, 0.25) is 0 Å². The summed E-state index contributed by atoms with van der Waals surface area (Å²) < 4.78 is 34.9. The number of amides is 3. The van der Waals surface area contributed by atoms with E-state index in [1.54, 1.807) is 12.1 Å². The number of rotatable bonds is 15. The van der Waals surface area contributed by atoms with Crippen molar-refractivity contribution in [2.24, 2.45) is 0 Å². The van der Waals surface area contributed by atoms with Gasteiger partial charge >= 0.3 is 11.9 Å². The predicted molar refractivity (Wildman–Crippen MR) is 223 cm³/mol. The van der Waals surface area contributed by atoms with E-state index in [4.69, 9.17) is 10.2 Å². The molecule has 5 aromatic rings. The number of aromatic nitrogens is 4. The summed E-state index contributed by atoms with van der Waals surface area (Å²) >= 11 is 0. The van der Waals surface area contributed by atoms with Gasteiger partial charge in [-0.1, -0.05) is 0 Å². The number of aromatic hydroxyl groups is 1. The molecule has 7 rings (SSSR count). The van der Waals surface area contributed by atoms with Crippen molar-refractivity contribution >= 4 is 63.4 Å². The standard InChI is InChI=1S/C42H33F2N9O11/c43-26-12-24-31(14-29(26)54)64-32-15-30(55)27(44)13-25(32)34(24)23-11-19(3-6-22(23)40(60)61)37(57)47-10-9-46-33(56)8-7-28(41(62)63)51-38(58)18-1-4-20(5-2-18)48-16-21-17-49-36-35(50-21)39(59)53-42(45)52-36/h1-6,11-15,17,28,48,54H,7-10,16H2,(H,46,56)(H,47,57)(H,51,58)(H,60,61)(H,62,63)(H3,45,49,52,53,59)/t28-/m0/s1. The van der Waals surface area contributed by atoms with Crippen LogP contribution in [0, 0.1) is 11.6 Å². The van der Waals surface area contributed by atoms with Crippen LogP contribution in [-0.2, 0) is 16.1 Å². The number of carboxylic acids is 2. The first-order valence-corrected chi connectivity index (χ1v) is 19.0. The molecule has 326 valence electrons. The molecule has 0 unspecified atom stereocenters. The molecule has 22 heteroatoms. The van der Waals surface area contributed by atoms with Crippen LogP contribution in [0.1, 0.15) is 49.6 Å². The van der Waals surface area contributed by atoms with Crippen molar-refractivity contribution in [3.8, 4) is 28.2 Å². The highest BCUT2D eigenvalue weighted by Gasteiger charge is 2.26. The zero-order chi connectivity index (χ0) is 45.8. The predicted octanol–water partition coefficient (Wildman–Crippen LogP) is 2.98. The molecule has 3 amide bonds. The van der Waals surface area contributed by atoms with Crippen molar-refractivity contribution in [3.05, 3.63) is 128 Å². The fourth-order valence-electron chi connectivity index (χ4n) is 6.60. The Morgan fingerprint density at radius 3 is 2.31 bits per heavy atom. The Hall–Kier alpha value is -8.82. The summed E-state index contributed by atoms with van der Waals surface area (Å²) in [6.07, 6.45) is 0.817. The Labute approximate surface area is 356 Å². The van der Waals surface area contributed by atoms with Crippen molar-refractivity contribution in [3.63, 3.8) is 0 Å². The lowest BCUT2D eigenvalue weighted by molar-refractivity contribution is -0.139. The minimum absolute atomic E-state index is 0.00884. The van der Waals surface area contributed by atoms with E-state index < -0.39 is 64.1 Å². The monoisotopic (exact) mass is 877 g/mol. The van der Waals surface area contributed by atoms with Crippen molar-refractivity contribution < 1.29 is 52.5 Å². The molecule has 0 saturated carbocycles. The number of carbonyl (C=O) groups excluding carboxylic acids is 3. The van der Waals surface area contributed by atoms with E-state index in [0.29, 0.717) is 11.4 Å². The molecule has 1 atom stereocenters. The van der Waals surface area contributed by atoms with Gasteiger partial charge < -0.3 is 46.7 Å². The van der Waals surface area contributed by atoms with Gasteiger partial charge in [-0.15, -0.1) is 0 Å². The van der Waals surface area contributed by atoms with Gasteiger partial charge in [0.05, 0.1) is 24.0 Å². The summed E-state index contributed by atoms with van der Waals surface area (Å²) in [5.74, 6) is -8.35. The van der Waals surface area contributed by atoms with Gasteiger partial charge in [0, 0.05) is 65.0 Å². The van der Waals surface area contributed by atoms with Crippen LogP contribution in [0.5, 0.6) is 5.75 Å². The zero-order valence-electron chi connectivity index (χ0n) is 32.8. The number of benzene rings is 4. The molecule has 1 aliphatic carbocycles. The Bertz CT molecular complexity index is 3120. The number of fused-ring (bicyclic) bond motifs is 3. The quantitative estimate of drug-likeness (QED) is 0.0528. The molecule has 2 aliphatic rings. The molecule has 2 aromatic heterocycles. The van der Waals surface area contributed by atoms with Crippen LogP contribution in [0.15, 0.2) is 86.9 Å². The highest BCUT2D eigenvalue weighted by Crippen LogP contribution is 2.43. The van der Waals surface area contributed by atoms with E-state index in [1.807, 2.05) is 0 Å². The number of aliphatic carboxylic acids is 1. The van der Waals surface area contributed by atoms with Crippen LogP contribution in [-0.4, -0.2) is 84.0 Å². The number of halogens is 2. The van der Waals surface area contributed by atoms with Gasteiger partial charge in [0.2, 0.25) is 17.3 Å². The van der Waals surface area contributed by atoms with E-state index in [1.165, 1.54) is 24.4 Å². The van der Waals surface area contributed by atoms with Gasteiger partial charge in [0.15, 0.2) is 28.5 Å². The number of anilines is 2. The molecule has 1 aliphatic heterocycles. The normalized spacial score (nSPS) is 11.6. The first-order valence-electron chi connectivity index (χ1n) is 19.0. The lowest BCUT2D eigenvalue weighted by Gasteiger charge is -2.18. The molecule has 3 heterocycles. The average Bonchev–Trinajstić information content (AvgIpc) is 3.26. The highest BCUT2D eigenvalue weighted by atomic mass is 19.1. The first-order chi connectivity index (χ1) is 30.6. The van der Waals surface area contributed by atoms with E-state index in [0.717, 1.165) is 36.4 Å². The second kappa shape index (κ2) is 18.0. The zero-order valence-corrected chi connectivity index (χ0v) is 32.8. The third-order valence-electron chi connectivity index (χ3n) is 9.73. The summed E-state index contributed by atoms with van der Waals surface area (Å²) in [4.78, 5) is 102. The van der Waals surface area contributed by atoms with Crippen LogP contribution < -0.4 is 38.0 Å². The molecule has 10 N–H and O–H groups in total. The number of hydrogen-bond donors (Lipinski definition) is 9. The summed E-state index contributed by atoms with van der Waals surface area (Å²) in [5, 5.41) is 40.2. The Kier molecular flexibility index (Phi) is 12.2. The number of phenols is 1. The van der Waals surface area contributed by atoms with Crippen molar-refractivity contribution in [1.82, 2.24) is 35.9 Å². The van der Waals surface area contributed by atoms with Gasteiger partial charge in [-0.3, -0.25) is 29.0 Å². The van der Waals surface area contributed by atoms with Crippen LogP contribution in [0.3, 0.4) is 0 Å². The van der Waals surface area contributed by atoms with E-state index in [-0.39, 0.29) is 99.7 Å². The second-order valence-corrected chi connectivity index (χ2v) is 14.0. The number of carbonyl (C=O) groups is 5. The van der Waals surface area contributed by atoms with Gasteiger partial charge in [0.25, 0.3) is 17.4 Å². The summed E-state index contributed by atoms with van der Waals surface area (Å²) in [7, 11) is 0. The minimum atomic E-state index is -1.46. The second-order valence-electron chi connectivity index (χ2n) is 14.0. The first kappa shape index (κ1) is 43.3. The van der Waals surface area contributed by atoms with Crippen LogP contribution in [0.4, 0.5) is 20.4 Å². The third-order valence-corrected chi connectivity index (χ3v) is 9.73. The highest BCUT2D eigenvalue weighted by molar-refractivity contribution is 6.09. The van der Waals surface area contributed by atoms with Crippen LogP contribution >= 0.6 is 0 Å². The number of hydrogen-bond acceptors (Lipinski definition) is 14. The molecule has 0 radical (unpaired) electrons. The number of nitrogens with two attached hydrogens (primary N) is 1. The van der Waals surface area contributed by atoms with Crippen molar-refractivity contribution in [1.29, 1.82) is 0 Å². The smallest absolute Gasteiger partial charge is 0.336 e. The van der Waals surface area contributed by atoms with E-state index in [2.05, 4.69) is 41.2 Å². The van der Waals surface area contributed by atoms with Crippen molar-refractivity contribution in [2.75, 3.05) is 24.1 Å². The number of nitrogens with zero attached hydrogens (tertiary/aromatic N) is 3. The van der Waals surface area contributed by atoms with Crippen molar-refractivity contribution in [2.45, 2.75) is 25.4 Å². The SMILES string of the molecule is Nc1nc2ncc(CNc3ccc(C(=O)N[C@@H](CCC(=O)NCCNC(=O)c4ccc(C(=O)O)c(-c5c6cc(F)c(=O)cc-6oc6cc(O)c(F)cc56)c4)C(=O)O)cc3)nc2c(=O)[nH]1. The molecule has 20 nitrogen and oxygen atoms in total. The summed E-state index contributed by atoms with van der Waals surface area (Å²) in [6.45, 7) is -0.111. The number of nitrogen functional groups attached to an aromatic ring is 1. The molecule has 3 aromatic carbocycles. The fraction of sp³-hybridized carbons (Fsp3) is 0.143. The van der Waals surface area contributed by atoms with Gasteiger partial charge in [-0.05, 0) is 66.6 Å². The Morgan fingerprint density at radius 1 is 0.844 bits per heavy atom. The summed E-state index contributed by atoms with van der Waals surface area (Å²) in [5.41, 5.74) is 4.08. The topological polar surface area (TPSA) is 322 Å². The molecular formula is C42H33F2N9O11. The number of aromatic amines is 1. The maximum Gasteiger partial charge on any atom is 0.336 e. The maximum absolute atomic E-state index is 14.7.